The average molecular weight is 277 g/mol. The molecule has 2 aliphatic rings. The molecule has 0 radical (unpaired) electrons. The van der Waals surface area contributed by atoms with Crippen molar-refractivity contribution in [1.82, 2.24) is 25.0 Å². The van der Waals surface area contributed by atoms with Gasteiger partial charge in [-0.25, -0.2) is 4.98 Å². The van der Waals surface area contributed by atoms with E-state index in [0.717, 1.165) is 38.3 Å². The molecule has 1 aromatic rings. The molecule has 6 heteroatoms. The molecule has 1 unspecified atom stereocenters. The molecule has 1 aromatic heterocycles. The number of aryl methyl sites for hydroxylation is 1. The highest BCUT2D eigenvalue weighted by Crippen LogP contribution is 2.21. The van der Waals surface area contributed by atoms with Gasteiger partial charge in [0.2, 0.25) is 5.82 Å². The molecule has 1 amide bonds. The number of fused-ring (bicyclic) bond motifs is 1. The topological polar surface area (TPSA) is 65.1 Å². The van der Waals surface area contributed by atoms with Crippen molar-refractivity contribution < 1.29 is 4.79 Å². The molecule has 6 nitrogen and oxygen atoms in total. The van der Waals surface area contributed by atoms with E-state index in [0.29, 0.717) is 11.9 Å². The smallest absolute Gasteiger partial charge is 0.293 e. The number of hydrogen-bond acceptors (Lipinski definition) is 4. The summed E-state index contributed by atoms with van der Waals surface area (Å²) in [5, 5.41) is 6.94. The largest absolute Gasteiger partial charge is 0.333 e. The van der Waals surface area contributed by atoms with Crippen LogP contribution in [0, 0.1) is 0 Å². The number of piperidine rings is 1. The van der Waals surface area contributed by atoms with Gasteiger partial charge in [0, 0.05) is 32.1 Å². The predicted octanol–water partition coefficient (Wildman–Crippen LogP) is 1.07. The Kier molecular flexibility index (Phi) is 4.00. The standard InChI is InChI=1S/C14H23N5O/c1-2-5-12-15-13(17-16-12)14(20)19-9-8-18-7-4-3-6-11(18)10-19/h11H,2-10H2,1H3,(H,15,16,17). The zero-order valence-electron chi connectivity index (χ0n) is 12.1. The van der Waals surface area contributed by atoms with E-state index < -0.39 is 0 Å². The minimum absolute atomic E-state index is 0.0196. The van der Waals surface area contributed by atoms with Gasteiger partial charge >= 0.3 is 0 Å². The Hall–Kier alpha value is -1.43. The molecule has 3 rings (SSSR count). The predicted molar refractivity (Wildman–Crippen MR) is 75.5 cm³/mol. The Morgan fingerprint density at radius 1 is 1.35 bits per heavy atom. The first-order valence-corrected chi connectivity index (χ1v) is 7.72. The van der Waals surface area contributed by atoms with E-state index in [2.05, 4.69) is 27.0 Å². The second-order valence-corrected chi connectivity index (χ2v) is 5.79. The summed E-state index contributed by atoms with van der Waals surface area (Å²) >= 11 is 0. The molecule has 20 heavy (non-hydrogen) atoms. The lowest BCUT2D eigenvalue weighted by molar-refractivity contribution is 0.0364. The highest BCUT2D eigenvalue weighted by molar-refractivity contribution is 5.90. The van der Waals surface area contributed by atoms with Crippen LogP contribution in [0.3, 0.4) is 0 Å². The van der Waals surface area contributed by atoms with E-state index in [1.807, 2.05) is 4.90 Å². The Bertz CT molecular complexity index is 472. The zero-order chi connectivity index (χ0) is 13.9. The summed E-state index contributed by atoms with van der Waals surface area (Å²) in [7, 11) is 0. The zero-order valence-corrected chi connectivity index (χ0v) is 12.1. The van der Waals surface area contributed by atoms with Gasteiger partial charge < -0.3 is 4.90 Å². The first-order valence-electron chi connectivity index (χ1n) is 7.72. The fourth-order valence-electron chi connectivity index (χ4n) is 3.22. The number of H-pyrrole nitrogens is 1. The lowest BCUT2D eigenvalue weighted by atomic mass is 9.99. The average Bonchev–Trinajstić information content (AvgIpc) is 2.95. The van der Waals surface area contributed by atoms with Crippen LogP contribution in [0.1, 0.15) is 49.1 Å². The Morgan fingerprint density at radius 3 is 3.10 bits per heavy atom. The Morgan fingerprint density at radius 2 is 2.25 bits per heavy atom. The molecule has 0 aliphatic carbocycles. The summed E-state index contributed by atoms with van der Waals surface area (Å²) < 4.78 is 0. The van der Waals surface area contributed by atoms with Gasteiger partial charge in [0.1, 0.15) is 5.82 Å². The number of aromatic nitrogens is 3. The maximum absolute atomic E-state index is 12.5. The van der Waals surface area contributed by atoms with Crippen molar-refractivity contribution >= 4 is 5.91 Å². The quantitative estimate of drug-likeness (QED) is 0.897. The van der Waals surface area contributed by atoms with Crippen LogP contribution < -0.4 is 0 Å². The Labute approximate surface area is 119 Å². The van der Waals surface area contributed by atoms with Crippen LogP contribution in [-0.4, -0.2) is 63.1 Å². The molecule has 0 saturated carbocycles. The third-order valence-corrected chi connectivity index (χ3v) is 4.33. The second-order valence-electron chi connectivity index (χ2n) is 5.79. The molecule has 0 bridgehead atoms. The minimum atomic E-state index is -0.0196. The monoisotopic (exact) mass is 277 g/mol. The molecule has 1 N–H and O–H groups in total. The molecule has 3 heterocycles. The molecule has 2 aliphatic heterocycles. The first kappa shape index (κ1) is 13.5. The van der Waals surface area contributed by atoms with E-state index in [-0.39, 0.29) is 5.91 Å². The van der Waals surface area contributed by atoms with Crippen molar-refractivity contribution in [2.75, 3.05) is 26.2 Å². The highest BCUT2D eigenvalue weighted by atomic mass is 16.2. The summed E-state index contributed by atoms with van der Waals surface area (Å²) in [6.45, 7) is 5.90. The summed E-state index contributed by atoms with van der Waals surface area (Å²) in [5.41, 5.74) is 0. The molecule has 0 spiro atoms. The van der Waals surface area contributed by atoms with Crippen molar-refractivity contribution in [1.29, 1.82) is 0 Å². The van der Waals surface area contributed by atoms with Gasteiger partial charge in [0.25, 0.3) is 5.91 Å². The van der Waals surface area contributed by atoms with Gasteiger partial charge in [-0.15, -0.1) is 5.10 Å². The van der Waals surface area contributed by atoms with Gasteiger partial charge in [-0.05, 0) is 25.8 Å². The van der Waals surface area contributed by atoms with Crippen LogP contribution in [0.2, 0.25) is 0 Å². The van der Waals surface area contributed by atoms with E-state index in [9.17, 15) is 4.79 Å². The number of carbonyl (C=O) groups excluding carboxylic acids is 1. The lowest BCUT2D eigenvalue weighted by Gasteiger charge is -2.43. The van der Waals surface area contributed by atoms with Gasteiger partial charge in [-0.3, -0.25) is 14.8 Å². The minimum Gasteiger partial charge on any atom is -0.333 e. The van der Waals surface area contributed by atoms with Crippen LogP contribution in [0.25, 0.3) is 0 Å². The number of amides is 1. The molecule has 2 saturated heterocycles. The maximum Gasteiger partial charge on any atom is 0.293 e. The first-order chi connectivity index (χ1) is 9.78. The third kappa shape index (κ3) is 2.70. The number of piperazine rings is 1. The van der Waals surface area contributed by atoms with Crippen molar-refractivity contribution in [3.05, 3.63) is 11.6 Å². The fraction of sp³-hybridized carbons (Fsp3) is 0.786. The molecule has 110 valence electrons. The van der Waals surface area contributed by atoms with Crippen LogP contribution >= 0.6 is 0 Å². The van der Waals surface area contributed by atoms with Crippen LogP contribution in [-0.2, 0) is 6.42 Å². The van der Waals surface area contributed by atoms with Crippen molar-refractivity contribution in [2.24, 2.45) is 0 Å². The van der Waals surface area contributed by atoms with Crippen LogP contribution in [0.4, 0.5) is 0 Å². The number of aromatic amines is 1. The maximum atomic E-state index is 12.5. The molecular weight excluding hydrogens is 254 g/mol. The summed E-state index contributed by atoms with van der Waals surface area (Å²) in [6, 6.07) is 0.538. The van der Waals surface area contributed by atoms with E-state index in [4.69, 9.17) is 0 Å². The van der Waals surface area contributed by atoms with Gasteiger partial charge in [-0.2, -0.15) is 0 Å². The molecule has 2 fully saturated rings. The molecular formula is C14H23N5O. The van der Waals surface area contributed by atoms with E-state index >= 15 is 0 Å². The summed E-state index contributed by atoms with van der Waals surface area (Å²) in [4.78, 5) is 21.2. The van der Waals surface area contributed by atoms with Gasteiger partial charge in [0.15, 0.2) is 0 Å². The van der Waals surface area contributed by atoms with E-state index in [1.165, 1.54) is 25.8 Å². The number of nitrogens with one attached hydrogen (secondary N) is 1. The number of nitrogens with zero attached hydrogens (tertiary/aromatic N) is 4. The number of rotatable bonds is 3. The SMILES string of the molecule is CCCc1nc(C(=O)N2CCN3CCCCC3C2)n[nH]1. The third-order valence-electron chi connectivity index (χ3n) is 4.33. The number of carbonyl (C=O) groups is 1. The second kappa shape index (κ2) is 5.91. The van der Waals surface area contributed by atoms with Crippen LogP contribution in [0.15, 0.2) is 0 Å². The normalized spacial score (nSPS) is 23.6. The Balaban J connectivity index is 1.64. The van der Waals surface area contributed by atoms with Crippen molar-refractivity contribution in [3.63, 3.8) is 0 Å². The number of hydrogen-bond donors (Lipinski definition) is 1. The summed E-state index contributed by atoms with van der Waals surface area (Å²) in [5.74, 6) is 1.12. The van der Waals surface area contributed by atoms with Crippen molar-refractivity contribution in [3.8, 4) is 0 Å². The fourth-order valence-corrected chi connectivity index (χ4v) is 3.22. The highest BCUT2D eigenvalue weighted by Gasteiger charge is 2.32. The van der Waals surface area contributed by atoms with Gasteiger partial charge in [0.05, 0.1) is 0 Å². The summed E-state index contributed by atoms with van der Waals surface area (Å²) in [6.07, 6.45) is 5.63. The van der Waals surface area contributed by atoms with Crippen molar-refractivity contribution in [2.45, 2.75) is 45.1 Å². The van der Waals surface area contributed by atoms with Crippen LogP contribution in [0.5, 0.6) is 0 Å². The van der Waals surface area contributed by atoms with E-state index in [1.54, 1.807) is 0 Å². The lowest BCUT2D eigenvalue weighted by Crippen LogP contribution is -2.56. The van der Waals surface area contributed by atoms with Gasteiger partial charge in [-0.1, -0.05) is 13.3 Å². The molecule has 0 aromatic carbocycles. The molecule has 1 atom stereocenters.